The summed E-state index contributed by atoms with van der Waals surface area (Å²) in [5, 5.41) is 0. The summed E-state index contributed by atoms with van der Waals surface area (Å²) < 4.78 is 15.7. The number of aliphatic imine (C=N–C) groups is 1. The third-order valence-corrected chi connectivity index (χ3v) is 4.97. The zero-order chi connectivity index (χ0) is 23.5. The van der Waals surface area contributed by atoms with E-state index in [0.717, 1.165) is 11.3 Å². The second-order valence-electron chi connectivity index (χ2n) is 7.30. The van der Waals surface area contributed by atoms with E-state index >= 15 is 0 Å². The van der Waals surface area contributed by atoms with Crippen LogP contribution in [0.3, 0.4) is 0 Å². The highest BCUT2D eigenvalue weighted by molar-refractivity contribution is 5.97. The number of benzene rings is 2. The van der Waals surface area contributed by atoms with Gasteiger partial charge in [-0.2, -0.15) is 4.98 Å². The number of aryl methyl sites for hydroxylation is 1. The number of hydrogen-bond donors (Lipinski definition) is 0. The van der Waals surface area contributed by atoms with Gasteiger partial charge >= 0.3 is 5.97 Å². The molecule has 7 nitrogen and oxygen atoms in total. The number of rotatable bonds is 5. The van der Waals surface area contributed by atoms with E-state index in [2.05, 4.69) is 33.9 Å². The van der Waals surface area contributed by atoms with Gasteiger partial charge in [0, 0.05) is 19.3 Å². The van der Waals surface area contributed by atoms with Crippen LogP contribution in [0.5, 0.6) is 5.88 Å². The lowest BCUT2D eigenvalue weighted by atomic mass is 10.2. The van der Waals surface area contributed by atoms with E-state index in [0.29, 0.717) is 37.7 Å². The Balaban J connectivity index is 0.000000374. The largest absolute Gasteiger partial charge is 0.479 e. The Labute approximate surface area is 194 Å². The normalized spacial score (nSPS) is 13.2. The molecule has 1 aliphatic heterocycles. The van der Waals surface area contributed by atoms with E-state index in [1.807, 2.05) is 48.5 Å². The SMILES string of the molecule is COC(=O)c1cc(N2CCOCC2)c(OC)nc1N=Cc1ccccc1.Cc1ccccc1. The number of ether oxygens (including phenoxy) is 3. The molecule has 7 heteroatoms. The molecule has 1 fully saturated rings. The van der Waals surface area contributed by atoms with E-state index < -0.39 is 5.97 Å². The highest BCUT2D eigenvalue weighted by Crippen LogP contribution is 2.33. The summed E-state index contributed by atoms with van der Waals surface area (Å²) in [6.07, 6.45) is 1.66. The maximum Gasteiger partial charge on any atom is 0.341 e. The van der Waals surface area contributed by atoms with Crippen molar-refractivity contribution in [2.45, 2.75) is 6.92 Å². The molecule has 1 saturated heterocycles. The van der Waals surface area contributed by atoms with Crippen LogP contribution in [0.4, 0.5) is 11.5 Å². The van der Waals surface area contributed by atoms with Crippen molar-refractivity contribution in [3.8, 4) is 5.88 Å². The first-order valence-electron chi connectivity index (χ1n) is 10.7. The van der Waals surface area contributed by atoms with E-state index in [-0.39, 0.29) is 5.82 Å². The molecule has 0 unspecified atom stereocenters. The minimum Gasteiger partial charge on any atom is -0.479 e. The van der Waals surface area contributed by atoms with Crippen molar-refractivity contribution in [1.82, 2.24) is 4.98 Å². The first-order chi connectivity index (χ1) is 16.1. The van der Waals surface area contributed by atoms with Gasteiger partial charge in [0.05, 0.1) is 27.4 Å². The highest BCUT2D eigenvalue weighted by atomic mass is 16.5. The monoisotopic (exact) mass is 447 g/mol. The maximum atomic E-state index is 12.3. The number of anilines is 1. The number of aromatic nitrogens is 1. The molecular formula is C26H29N3O4. The predicted octanol–water partition coefficient (Wildman–Crippen LogP) is 4.46. The summed E-state index contributed by atoms with van der Waals surface area (Å²) in [5.74, 6) is 0.184. The summed E-state index contributed by atoms with van der Waals surface area (Å²) in [6.45, 7) is 4.71. The Kier molecular flexibility index (Phi) is 8.97. The maximum absolute atomic E-state index is 12.3. The van der Waals surface area contributed by atoms with Gasteiger partial charge in [-0.15, -0.1) is 0 Å². The van der Waals surface area contributed by atoms with Crippen molar-refractivity contribution in [3.63, 3.8) is 0 Å². The molecule has 2 heterocycles. The van der Waals surface area contributed by atoms with Crippen molar-refractivity contribution >= 4 is 23.7 Å². The smallest absolute Gasteiger partial charge is 0.341 e. The van der Waals surface area contributed by atoms with Crippen LogP contribution in [-0.4, -0.2) is 57.7 Å². The molecule has 0 atom stereocenters. The number of esters is 1. The Hall–Kier alpha value is -3.71. The van der Waals surface area contributed by atoms with Crippen molar-refractivity contribution < 1.29 is 19.0 Å². The second-order valence-corrected chi connectivity index (χ2v) is 7.30. The molecule has 33 heavy (non-hydrogen) atoms. The summed E-state index contributed by atoms with van der Waals surface area (Å²) in [4.78, 5) is 23.2. The number of carbonyl (C=O) groups excluding carboxylic acids is 1. The fraction of sp³-hybridized carbons (Fsp3) is 0.269. The van der Waals surface area contributed by atoms with E-state index in [1.165, 1.54) is 12.7 Å². The van der Waals surface area contributed by atoms with Gasteiger partial charge in [-0.05, 0) is 18.6 Å². The summed E-state index contributed by atoms with van der Waals surface area (Å²) in [5.41, 5.74) is 3.25. The number of morpholine rings is 1. The zero-order valence-corrected chi connectivity index (χ0v) is 19.2. The third-order valence-electron chi connectivity index (χ3n) is 4.97. The number of nitrogens with zero attached hydrogens (tertiary/aromatic N) is 3. The Bertz CT molecular complexity index is 1050. The number of pyridine rings is 1. The average molecular weight is 448 g/mol. The predicted molar refractivity (Wildman–Crippen MR) is 130 cm³/mol. The van der Waals surface area contributed by atoms with Crippen molar-refractivity contribution in [3.05, 3.63) is 83.4 Å². The first kappa shape index (κ1) is 23.9. The Morgan fingerprint density at radius 1 is 1.03 bits per heavy atom. The standard InChI is InChI=1S/C19H21N3O4.C7H8/c1-24-18-16(22-8-10-26-11-9-22)12-15(19(23)25-2)17(21-18)20-13-14-6-4-3-5-7-14;1-7-5-3-2-4-6-7/h3-7,12-13H,8-11H2,1-2H3;2-6H,1H3. The van der Waals surface area contributed by atoms with Crippen molar-refractivity contribution in [1.29, 1.82) is 0 Å². The molecule has 3 aromatic rings. The van der Waals surface area contributed by atoms with Gasteiger partial charge in [0.25, 0.3) is 0 Å². The van der Waals surface area contributed by atoms with Crippen LogP contribution in [0.15, 0.2) is 71.7 Å². The second kappa shape index (κ2) is 12.4. The van der Waals surface area contributed by atoms with Crippen LogP contribution in [-0.2, 0) is 9.47 Å². The van der Waals surface area contributed by atoms with Crippen LogP contribution < -0.4 is 9.64 Å². The fourth-order valence-corrected chi connectivity index (χ4v) is 3.23. The minimum absolute atomic E-state index is 0.259. The quantitative estimate of drug-likeness (QED) is 0.425. The van der Waals surface area contributed by atoms with Crippen LogP contribution >= 0.6 is 0 Å². The van der Waals surface area contributed by atoms with E-state index in [1.54, 1.807) is 19.4 Å². The lowest BCUT2D eigenvalue weighted by Crippen LogP contribution is -2.36. The molecule has 0 N–H and O–H groups in total. The summed E-state index contributed by atoms with van der Waals surface area (Å²) >= 11 is 0. The van der Waals surface area contributed by atoms with Crippen molar-refractivity contribution in [2.24, 2.45) is 4.99 Å². The number of hydrogen-bond acceptors (Lipinski definition) is 7. The van der Waals surface area contributed by atoms with E-state index in [4.69, 9.17) is 14.2 Å². The molecule has 1 aromatic heterocycles. The topological polar surface area (TPSA) is 73.2 Å². The van der Waals surface area contributed by atoms with Gasteiger partial charge < -0.3 is 19.1 Å². The highest BCUT2D eigenvalue weighted by Gasteiger charge is 2.22. The van der Waals surface area contributed by atoms with E-state index in [9.17, 15) is 4.79 Å². The minimum atomic E-state index is -0.491. The van der Waals surface area contributed by atoms with Gasteiger partial charge in [-0.3, -0.25) is 0 Å². The van der Waals surface area contributed by atoms with Crippen LogP contribution in [0, 0.1) is 6.92 Å². The molecule has 0 bridgehead atoms. The molecule has 4 rings (SSSR count). The van der Waals surface area contributed by atoms with Crippen LogP contribution in [0.25, 0.3) is 0 Å². The van der Waals surface area contributed by atoms with Crippen molar-refractivity contribution in [2.75, 3.05) is 45.4 Å². The molecule has 0 saturated carbocycles. The molecular weight excluding hydrogens is 418 g/mol. The van der Waals surface area contributed by atoms with Gasteiger partial charge in [0.1, 0.15) is 11.3 Å². The van der Waals surface area contributed by atoms with Gasteiger partial charge in [-0.25, -0.2) is 9.79 Å². The van der Waals surface area contributed by atoms with Gasteiger partial charge in [0.15, 0.2) is 5.82 Å². The molecule has 0 radical (unpaired) electrons. The zero-order valence-electron chi connectivity index (χ0n) is 19.2. The summed E-state index contributed by atoms with van der Waals surface area (Å²) in [6, 6.07) is 21.6. The lowest BCUT2D eigenvalue weighted by molar-refractivity contribution is 0.0601. The molecule has 0 amide bonds. The van der Waals surface area contributed by atoms with Crippen LogP contribution in [0.2, 0.25) is 0 Å². The number of methoxy groups -OCH3 is 2. The molecule has 1 aliphatic rings. The molecule has 0 spiro atoms. The average Bonchev–Trinajstić information content (AvgIpc) is 2.88. The van der Waals surface area contributed by atoms with Gasteiger partial charge in [-0.1, -0.05) is 66.2 Å². The lowest BCUT2D eigenvalue weighted by Gasteiger charge is -2.29. The molecule has 172 valence electrons. The Morgan fingerprint density at radius 3 is 2.21 bits per heavy atom. The van der Waals surface area contributed by atoms with Gasteiger partial charge in [0.2, 0.25) is 5.88 Å². The first-order valence-corrected chi connectivity index (χ1v) is 10.7. The summed E-state index contributed by atoms with van der Waals surface area (Å²) in [7, 11) is 2.89. The molecule has 2 aromatic carbocycles. The number of carbonyl (C=O) groups is 1. The fourth-order valence-electron chi connectivity index (χ4n) is 3.23. The molecule has 0 aliphatic carbocycles. The Morgan fingerprint density at radius 2 is 1.67 bits per heavy atom. The van der Waals surface area contributed by atoms with Crippen LogP contribution in [0.1, 0.15) is 21.5 Å². The third kappa shape index (κ3) is 6.89.